The fraction of sp³-hybridized carbons (Fsp3) is 0.0566. The molecule has 2 aromatic heterocycles. The first kappa shape index (κ1) is 32.3. The average Bonchev–Trinajstić information content (AvgIpc) is 3.74. The Bertz CT molecular complexity index is 3170. The van der Waals surface area contributed by atoms with Crippen LogP contribution in [0, 0.1) is 0 Å². The van der Waals surface area contributed by atoms with Gasteiger partial charge in [0.05, 0.1) is 11.4 Å². The fourth-order valence-electron chi connectivity index (χ4n) is 8.71. The van der Waals surface area contributed by atoms with Gasteiger partial charge in [-0.15, -0.1) is 0 Å². The molecule has 1 aliphatic carbocycles. The van der Waals surface area contributed by atoms with Crippen molar-refractivity contribution in [2.45, 2.75) is 19.3 Å². The Morgan fingerprint density at radius 3 is 1.89 bits per heavy atom. The lowest BCUT2D eigenvalue weighted by Crippen LogP contribution is -2.14. The maximum Gasteiger partial charge on any atom is 0.160 e. The Morgan fingerprint density at radius 1 is 0.375 bits per heavy atom. The minimum atomic E-state index is -0.126. The minimum Gasteiger partial charge on any atom is -0.456 e. The van der Waals surface area contributed by atoms with E-state index in [1.54, 1.807) is 0 Å². The Labute approximate surface area is 325 Å². The Morgan fingerprint density at radius 2 is 1.02 bits per heavy atom. The smallest absolute Gasteiger partial charge is 0.160 e. The van der Waals surface area contributed by atoms with Crippen molar-refractivity contribution in [3.8, 4) is 67.3 Å². The van der Waals surface area contributed by atoms with Crippen molar-refractivity contribution in [2.75, 3.05) is 0 Å². The molecule has 0 spiro atoms. The third kappa shape index (κ3) is 5.27. The summed E-state index contributed by atoms with van der Waals surface area (Å²) in [5.74, 6) is 0.696. The van der Waals surface area contributed by atoms with Crippen LogP contribution in [0.1, 0.15) is 25.0 Å². The van der Waals surface area contributed by atoms with Crippen LogP contribution in [-0.2, 0) is 5.41 Å². The number of furan rings is 1. The summed E-state index contributed by atoms with van der Waals surface area (Å²) in [6, 6.07) is 64.9. The van der Waals surface area contributed by atoms with Crippen LogP contribution in [0.25, 0.3) is 100.0 Å². The van der Waals surface area contributed by atoms with E-state index >= 15 is 0 Å². The third-order valence-corrected chi connectivity index (χ3v) is 11.7. The Hall–Kier alpha value is -7.10. The standard InChI is InChI=1S/C53H36N2O/c1-53(2)46-18-10-8-16-42(46)43-24-23-37(30-47(43)53)48-32-49(55-52(54-48)38-21-20-34-14-6-7-15-35(34)26-38)41-28-39(33-12-4-3-5-13-33)27-40(29-41)36-22-25-45-44-17-9-11-19-50(44)56-51(45)31-36/h3-32H,1-2H3. The molecule has 56 heavy (non-hydrogen) atoms. The molecule has 11 rings (SSSR count). The van der Waals surface area contributed by atoms with Crippen LogP contribution in [0.2, 0.25) is 0 Å². The zero-order chi connectivity index (χ0) is 37.4. The highest BCUT2D eigenvalue weighted by Gasteiger charge is 2.35. The van der Waals surface area contributed by atoms with E-state index in [1.807, 2.05) is 12.1 Å². The van der Waals surface area contributed by atoms with Gasteiger partial charge in [-0.05, 0) is 110 Å². The van der Waals surface area contributed by atoms with Gasteiger partial charge in [0.2, 0.25) is 0 Å². The number of hydrogen-bond donors (Lipinski definition) is 0. The Kier molecular flexibility index (Phi) is 7.20. The topological polar surface area (TPSA) is 38.9 Å². The molecule has 0 saturated carbocycles. The molecule has 0 saturated heterocycles. The molecular formula is C53H36N2O. The number of hydrogen-bond acceptors (Lipinski definition) is 3. The molecule has 0 atom stereocenters. The first-order valence-corrected chi connectivity index (χ1v) is 19.2. The number of para-hydroxylation sites is 1. The molecule has 264 valence electrons. The molecule has 8 aromatic carbocycles. The van der Waals surface area contributed by atoms with Crippen LogP contribution in [0.5, 0.6) is 0 Å². The van der Waals surface area contributed by atoms with Crippen LogP contribution >= 0.6 is 0 Å². The molecule has 1 aliphatic rings. The van der Waals surface area contributed by atoms with E-state index < -0.39 is 0 Å². The third-order valence-electron chi connectivity index (χ3n) is 11.7. The zero-order valence-electron chi connectivity index (χ0n) is 31.1. The van der Waals surface area contributed by atoms with Gasteiger partial charge in [-0.2, -0.15) is 0 Å². The maximum atomic E-state index is 6.35. The summed E-state index contributed by atoms with van der Waals surface area (Å²) in [5.41, 5.74) is 16.2. The van der Waals surface area contributed by atoms with Crippen molar-refractivity contribution in [1.29, 1.82) is 0 Å². The minimum absolute atomic E-state index is 0.126. The number of benzene rings is 8. The van der Waals surface area contributed by atoms with Gasteiger partial charge in [-0.3, -0.25) is 0 Å². The van der Waals surface area contributed by atoms with Crippen molar-refractivity contribution in [3.63, 3.8) is 0 Å². The lowest BCUT2D eigenvalue weighted by Gasteiger charge is -2.22. The normalized spacial score (nSPS) is 13.0. The van der Waals surface area contributed by atoms with E-state index in [0.29, 0.717) is 5.82 Å². The highest BCUT2D eigenvalue weighted by molar-refractivity contribution is 6.06. The van der Waals surface area contributed by atoms with Crippen molar-refractivity contribution in [2.24, 2.45) is 0 Å². The van der Waals surface area contributed by atoms with Gasteiger partial charge in [-0.25, -0.2) is 9.97 Å². The quantitative estimate of drug-likeness (QED) is 0.178. The molecule has 10 aromatic rings. The van der Waals surface area contributed by atoms with Crippen molar-refractivity contribution >= 4 is 32.7 Å². The van der Waals surface area contributed by atoms with Crippen LogP contribution in [0.3, 0.4) is 0 Å². The predicted molar refractivity (Wildman–Crippen MR) is 232 cm³/mol. The van der Waals surface area contributed by atoms with Crippen LogP contribution in [-0.4, -0.2) is 9.97 Å². The van der Waals surface area contributed by atoms with Crippen LogP contribution in [0.4, 0.5) is 0 Å². The van der Waals surface area contributed by atoms with Gasteiger partial charge in [0, 0.05) is 32.9 Å². The van der Waals surface area contributed by atoms with Crippen molar-refractivity contribution < 1.29 is 4.42 Å². The molecule has 0 radical (unpaired) electrons. The summed E-state index contributed by atoms with van der Waals surface area (Å²) in [5, 5.41) is 4.59. The fourth-order valence-corrected chi connectivity index (χ4v) is 8.71. The predicted octanol–water partition coefficient (Wildman–Crippen LogP) is 14.2. The lowest BCUT2D eigenvalue weighted by molar-refractivity contribution is 0.660. The lowest BCUT2D eigenvalue weighted by atomic mass is 9.82. The summed E-state index contributed by atoms with van der Waals surface area (Å²) < 4.78 is 6.35. The first-order valence-electron chi connectivity index (χ1n) is 19.2. The summed E-state index contributed by atoms with van der Waals surface area (Å²) in [7, 11) is 0. The summed E-state index contributed by atoms with van der Waals surface area (Å²) >= 11 is 0. The van der Waals surface area contributed by atoms with Gasteiger partial charge in [-0.1, -0.05) is 141 Å². The molecule has 3 heteroatoms. The number of aromatic nitrogens is 2. The molecule has 0 aliphatic heterocycles. The molecule has 0 unspecified atom stereocenters. The van der Waals surface area contributed by atoms with Gasteiger partial charge < -0.3 is 4.42 Å². The zero-order valence-corrected chi connectivity index (χ0v) is 31.1. The molecule has 0 N–H and O–H groups in total. The molecule has 0 amide bonds. The van der Waals surface area contributed by atoms with Gasteiger partial charge in [0.25, 0.3) is 0 Å². The molecule has 0 bridgehead atoms. The largest absolute Gasteiger partial charge is 0.456 e. The molecule has 3 nitrogen and oxygen atoms in total. The number of nitrogens with zero attached hydrogens (tertiary/aromatic N) is 2. The van der Waals surface area contributed by atoms with Gasteiger partial charge in [0.1, 0.15) is 11.2 Å². The Balaban J connectivity index is 1.12. The second-order valence-electron chi connectivity index (χ2n) is 15.4. The van der Waals surface area contributed by atoms with Gasteiger partial charge in [0.15, 0.2) is 5.82 Å². The maximum absolute atomic E-state index is 6.35. The first-order chi connectivity index (χ1) is 27.5. The van der Waals surface area contributed by atoms with Crippen LogP contribution < -0.4 is 0 Å². The van der Waals surface area contributed by atoms with Crippen LogP contribution in [0.15, 0.2) is 186 Å². The van der Waals surface area contributed by atoms with Crippen molar-refractivity contribution in [1.82, 2.24) is 9.97 Å². The summed E-state index contributed by atoms with van der Waals surface area (Å²) in [6.07, 6.45) is 0. The van der Waals surface area contributed by atoms with Gasteiger partial charge >= 0.3 is 0 Å². The molecule has 0 fully saturated rings. The average molecular weight is 717 g/mol. The van der Waals surface area contributed by atoms with E-state index in [4.69, 9.17) is 14.4 Å². The monoisotopic (exact) mass is 716 g/mol. The second-order valence-corrected chi connectivity index (χ2v) is 15.4. The highest BCUT2D eigenvalue weighted by Crippen LogP contribution is 2.49. The number of rotatable bonds is 5. The SMILES string of the molecule is CC1(C)c2ccccc2-c2ccc(-c3cc(-c4cc(-c5ccccc5)cc(-c5ccc6c(c5)oc5ccccc56)c4)nc(-c4ccc5ccccc5c4)n3)cc21. The summed E-state index contributed by atoms with van der Waals surface area (Å²) in [6.45, 7) is 4.65. The van der Waals surface area contributed by atoms with E-state index in [9.17, 15) is 0 Å². The van der Waals surface area contributed by atoms with E-state index in [1.165, 1.54) is 27.6 Å². The van der Waals surface area contributed by atoms with E-state index in [0.717, 1.165) is 77.7 Å². The molecule has 2 heterocycles. The molecular weight excluding hydrogens is 681 g/mol. The number of fused-ring (bicyclic) bond motifs is 7. The highest BCUT2D eigenvalue weighted by atomic mass is 16.3. The van der Waals surface area contributed by atoms with E-state index in [2.05, 4.69) is 184 Å². The second kappa shape index (κ2) is 12.5. The summed E-state index contributed by atoms with van der Waals surface area (Å²) in [4.78, 5) is 10.7. The van der Waals surface area contributed by atoms with Crippen molar-refractivity contribution in [3.05, 3.63) is 193 Å². The van der Waals surface area contributed by atoms with E-state index in [-0.39, 0.29) is 5.41 Å².